The van der Waals surface area contributed by atoms with Gasteiger partial charge in [0.15, 0.2) is 5.58 Å². The molecule has 1 fully saturated rings. The molecule has 2 aromatic rings. The van der Waals surface area contributed by atoms with E-state index < -0.39 is 0 Å². The minimum absolute atomic E-state index is 0.0586. The highest BCUT2D eigenvalue weighted by atomic mass is 19.1. The largest absolute Gasteiger partial charge is 0.356 e. The summed E-state index contributed by atoms with van der Waals surface area (Å²) in [6, 6.07) is 4.55. The third-order valence-electron chi connectivity index (χ3n) is 4.32. The first-order valence-electron chi connectivity index (χ1n) is 8.40. The molecule has 0 saturated carbocycles. The fourth-order valence-corrected chi connectivity index (χ4v) is 3.25. The number of likely N-dealkylation sites (tertiary alicyclic amines) is 1. The fourth-order valence-electron chi connectivity index (χ4n) is 3.25. The number of aromatic nitrogens is 1. The maximum Gasteiger partial charge on any atom is 0.234 e. The number of hydrogen-bond donors (Lipinski definition) is 1. The molecule has 1 aromatic heterocycles. The van der Waals surface area contributed by atoms with Crippen molar-refractivity contribution in [2.45, 2.75) is 45.1 Å². The summed E-state index contributed by atoms with van der Waals surface area (Å²) in [5.74, 6) is 0.0341. The second-order valence-electron chi connectivity index (χ2n) is 7.56. The van der Waals surface area contributed by atoms with Crippen LogP contribution < -0.4 is 5.32 Å². The molecule has 0 bridgehead atoms. The van der Waals surface area contributed by atoms with E-state index in [4.69, 9.17) is 4.52 Å². The molecule has 1 aromatic carbocycles. The van der Waals surface area contributed by atoms with E-state index in [-0.39, 0.29) is 17.3 Å². The van der Waals surface area contributed by atoms with Crippen LogP contribution in [0.1, 0.15) is 45.2 Å². The molecule has 0 radical (unpaired) electrons. The van der Waals surface area contributed by atoms with Gasteiger partial charge in [-0.1, -0.05) is 5.16 Å². The first-order chi connectivity index (χ1) is 11.3. The normalized spacial score (nSPS) is 17.3. The Morgan fingerprint density at radius 2 is 2.08 bits per heavy atom. The molecule has 3 rings (SSSR count). The van der Waals surface area contributed by atoms with Crippen LogP contribution in [0.4, 0.5) is 4.39 Å². The van der Waals surface area contributed by atoms with E-state index in [0.717, 1.165) is 37.0 Å². The van der Waals surface area contributed by atoms with E-state index in [1.54, 1.807) is 6.07 Å². The number of benzene rings is 1. The SMILES string of the molecule is CC(C)(C)NC(=O)CN1CCC(c2noc3cc(F)ccc23)CC1. The van der Waals surface area contributed by atoms with Crippen LogP contribution in [0.2, 0.25) is 0 Å². The summed E-state index contributed by atoms with van der Waals surface area (Å²) in [6.45, 7) is 8.06. The highest BCUT2D eigenvalue weighted by Gasteiger charge is 2.26. The smallest absolute Gasteiger partial charge is 0.234 e. The average Bonchev–Trinajstić information content (AvgIpc) is 2.89. The fraction of sp³-hybridized carbons (Fsp3) is 0.556. The predicted molar refractivity (Wildman–Crippen MR) is 90.3 cm³/mol. The Kier molecular flexibility index (Phi) is 4.58. The molecule has 0 unspecified atom stereocenters. The lowest BCUT2D eigenvalue weighted by Crippen LogP contribution is -2.47. The van der Waals surface area contributed by atoms with Gasteiger partial charge in [-0.25, -0.2) is 4.39 Å². The lowest BCUT2D eigenvalue weighted by molar-refractivity contribution is -0.123. The third kappa shape index (κ3) is 3.93. The van der Waals surface area contributed by atoms with E-state index in [1.165, 1.54) is 12.1 Å². The summed E-state index contributed by atoms with van der Waals surface area (Å²) >= 11 is 0. The summed E-state index contributed by atoms with van der Waals surface area (Å²) in [6.07, 6.45) is 1.84. The van der Waals surface area contributed by atoms with Gasteiger partial charge >= 0.3 is 0 Å². The number of hydrogen-bond acceptors (Lipinski definition) is 4. The number of piperidine rings is 1. The van der Waals surface area contributed by atoms with E-state index in [9.17, 15) is 9.18 Å². The van der Waals surface area contributed by atoms with Crippen molar-refractivity contribution in [1.82, 2.24) is 15.4 Å². The van der Waals surface area contributed by atoms with E-state index in [0.29, 0.717) is 18.0 Å². The molecule has 130 valence electrons. The van der Waals surface area contributed by atoms with Gasteiger partial charge in [0.2, 0.25) is 5.91 Å². The van der Waals surface area contributed by atoms with Gasteiger partial charge in [-0.15, -0.1) is 0 Å². The molecule has 24 heavy (non-hydrogen) atoms. The van der Waals surface area contributed by atoms with Crippen molar-refractivity contribution in [2.75, 3.05) is 19.6 Å². The van der Waals surface area contributed by atoms with Crippen molar-refractivity contribution in [2.24, 2.45) is 0 Å². The lowest BCUT2D eigenvalue weighted by Gasteiger charge is -2.31. The maximum atomic E-state index is 13.2. The number of rotatable bonds is 3. The maximum absolute atomic E-state index is 13.2. The zero-order chi connectivity index (χ0) is 17.3. The monoisotopic (exact) mass is 333 g/mol. The Balaban J connectivity index is 1.59. The molecule has 0 spiro atoms. The standard InChI is InChI=1S/C18H24FN3O2/c1-18(2,3)20-16(23)11-22-8-6-12(7-9-22)17-14-5-4-13(19)10-15(14)24-21-17/h4-5,10,12H,6-9,11H2,1-3H3,(H,20,23). The number of nitrogens with one attached hydrogen (secondary N) is 1. The number of carbonyl (C=O) groups excluding carboxylic acids is 1. The van der Waals surface area contributed by atoms with Crippen molar-refractivity contribution in [3.63, 3.8) is 0 Å². The van der Waals surface area contributed by atoms with Gasteiger partial charge in [0, 0.05) is 22.9 Å². The van der Waals surface area contributed by atoms with Gasteiger partial charge in [0.25, 0.3) is 0 Å². The number of halogens is 1. The van der Waals surface area contributed by atoms with E-state index >= 15 is 0 Å². The van der Waals surface area contributed by atoms with Crippen molar-refractivity contribution in [3.05, 3.63) is 29.7 Å². The van der Waals surface area contributed by atoms with Crippen LogP contribution in [0.3, 0.4) is 0 Å². The lowest BCUT2D eigenvalue weighted by atomic mass is 9.91. The highest BCUT2D eigenvalue weighted by Crippen LogP contribution is 2.32. The van der Waals surface area contributed by atoms with Gasteiger partial charge in [0.1, 0.15) is 5.82 Å². The van der Waals surface area contributed by atoms with E-state index in [1.807, 2.05) is 20.8 Å². The summed E-state index contributed by atoms with van der Waals surface area (Å²) in [4.78, 5) is 14.2. The van der Waals surface area contributed by atoms with Crippen LogP contribution in [0, 0.1) is 5.82 Å². The molecule has 1 aliphatic rings. The average molecular weight is 333 g/mol. The van der Waals surface area contributed by atoms with Crippen LogP contribution >= 0.6 is 0 Å². The van der Waals surface area contributed by atoms with Gasteiger partial charge in [0.05, 0.1) is 12.2 Å². The Morgan fingerprint density at radius 3 is 2.75 bits per heavy atom. The predicted octanol–water partition coefficient (Wildman–Crippen LogP) is 3.06. The Labute approximate surface area is 141 Å². The van der Waals surface area contributed by atoms with Crippen LogP contribution in [0.25, 0.3) is 11.0 Å². The van der Waals surface area contributed by atoms with E-state index in [2.05, 4.69) is 15.4 Å². The molecule has 6 heteroatoms. The second-order valence-corrected chi connectivity index (χ2v) is 7.56. The molecule has 1 saturated heterocycles. The third-order valence-corrected chi connectivity index (χ3v) is 4.32. The Bertz CT molecular complexity index is 727. The summed E-state index contributed by atoms with van der Waals surface area (Å²) in [7, 11) is 0. The molecule has 0 atom stereocenters. The molecule has 1 amide bonds. The summed E-state index contributed by atoms with van der Waals surface area (Å²) in [5, 5.41) is 8.04. The molecule has 0 aliphatic carbocycles. The Hall–Kier alpha value is -1.95. The van der Waals surface area contributed by atoms with Gasteiger partial charge < -0.3 is 9.84 Å². The van der Waals surface area contributed by atoms with Crippen LogP contribution in [-0.2, 0) is 4.79 Å². The van der Waals surface area contributed by atoms with Crippen LogP contribution in [-0.4, -0.2) is 41.1 Å². The molecule has 5 nitrogen and oxygen atoms in total. The number of amides is 1. The van der Waals surface area contributed by atoms with Crippen molar-refractivity contribution in [1.29, 1.82) is 0 Å². The van der Waals surface area contributed by atoms with Crippen molar-refractivity contribution >= 4 is 16.9 Å². The van der Waals surface area contributed by atoms with Crippen LogP contribution in [0.15, 0.2) is 22.7 Å². The topological polar surface area (TPSA) is 58.4 Å². The number of carbonyl (C=O) groups is 1. The molecule has 2 heterocycles. The quantitative estimate of drug-likeness (QED) is 0.938. The highest BCUT2D eigenvalue weighted by molar-refractivity contribution is 5.80. The van der Waals surface area contributed by atoms with Crippen molar-refractivity contribution in [3.8, 4) is 0 Å². The molecule has 1 aliphatic heterocycles. The number of nitrogens with zero attached hydrogens (tertiary/aromatic N) is 2. The zero-order valence-electron chi connectivity index (χ0n) is 14.4. The minimum atomic E-state index is -0.315. The first kappa shape index (κ1) is 16.9. The molecule has 1 N–H and O–H groups in total. The minimum Gasteiger partial charge on any atom is -0.356 e. The number of fused-ring (bicyclic) bond motifs is 1. The van der Waals surface area contributed by atoms with Gasteiger partial charge in [-0.2, -0.15) is 0 Å². The Morgan fingerprint density at radius 1 is 1.38 bits per heavy atom. The zero-order valence-corrected chi connectivity index (χ0v) is 14.4. The van der Waals surface area contributed by atoms with Gasteiger partial charge in [-0.3, -0.25) is 9.69 Å². The van der Waals surface area contributed by atoms with Gasteiger partial charge in [-0.05, 0) is 58.8 Å². The summed E-state index contributed by atoms with van der Waals surface area (Å²) in [5.41, 5.74) is 1.20. The molecular formula is C18H24FN3O2. The van der Waals surface area contributed by atoms with Crippen molar-refractivity contribution < 1.29 is 13.7 Å². The first-order valence-corrected chi connectivity index (χ1v) is 8.40. The molecular weight excluding hydrogens is 309 g/mol. The van der Waals surface area contributed by atoms with Crippen LogP contribution in [0.5, 0.6) is 0 Å². The summed E-state index contributed by atoms with van der Waals surface area (Å²) < 4.78 is 18.5. The second kappa shape index (κ2) is 6.51.